The number of ether oxygens (including phenoxy) is 1. The summed E-state index contributed by atoms with van der Waals surface area (Å²) in [6, 6.07) is 6.94. The maximum absolute atomic E-state index is 12.1. The van der Waals surface area contributed by atoms with Crippen LogP contribution in [0.25, 0.3) is 5.69 Å². The van der Waals surface area contributed by atoms with Crippen molar-refractivity contribution in [3.63, 3.8) is 0 Å². The Bertz CT molecular complexity index is 745. The third-order valence-electron chi connectivity index (χ3n) is 3.45. The molecule has 0 bridgehead atoms. The zero-order valence-corrected chi connectivity index (χ0v) is 15.0. The van der Waals surface area contributed by atoms with Crippen molar-refractivity contribution >= 4 is 23.5 Å². The molecule has 25 heavy (non-hydrogen) atoms. The predicted molar refractivity (Wildman–Crippen MR) is 93.9 cm³/mol. The van der Waals surface area contributed by atoms with Crippen LogP contribution in [-0.2, 0) is 9.53 Å². The summed E-state index contributed by atoms with van der Waals surface area (Å²) in [7, 11) is 0. The number of halogens is 1. The average molecular weight is 365 g/mol. The number of nitrogens with one attached hydrogen (secondary N) is 1. The number of carbonyl (C=O) groups excluding carboxylic acids is 2. The van der Waals surface area contributed by atoms with Gasteiger partial charge in [0.2, 0.25) is 0 Å². The molecule has 0 unspecified atom stereocenters. The molecule has 2 rings (SSSR count). The molecular weight excluding hydrogens is 344 g/mol. The van der Waals surface area contributed by atoms with Crippen LogP contribution >= 0.6 is 11.6 Å². The molecule has 0 saturated carbocycles. The van der Waals surface area contributed by atoms with Crippen LogP contribution in [0.3, 0.4) is 0 Å². The lowest BCUT2D eigenvalue weighted by Crippen LogP contribution is -2.29. The molecule has 0 saturated heterocycles. The first-order valence-corrected chi connectivity index (χ1v) is 8.52. The molecule has 1 aromatic carbocycles. The summed E-state index contributed by atoms with van der Waals surface area (Å²) in [5, 5.41) is 11.6. The quantitative estimate of drug-likeness (QED) is 0.575. The van der Waals surface area contributed by atoms with Crippen molar-refractivity contribution in [3.05, 3.63) is 40.7 Å². The topological polar surface area (TPSA) is 86.1 Å². The monoisotopic (exact) mass is 364 g/mol. The van der Waals surface area contributed by atoms with Crippen molar-refractivity contribution in [1.82, 2.24) is 20.3 Å². The van der Waals surface area contributed by atoms with Gasteiger partial charge in [0, 0.05) is 11.6 Å². The first-order valence-electron chi connectivity index (χ1n) is 8.15. The van der Waals surface area contributed by atoms with Crippen LogP contribution in [-0.4, -0.2) is 40.0 Å². The van der Waals surface area contributed by atoms with Gasteiger partial charge in [-0.1, -0.05) is 37.4 Å². The van der Waals surface area contributed by atoms with E-state index in [0.717, 1.165) is 19.3 Å². The Morgan fingerprint density at radius 1 is 1.28 bits per heavy atom. The average Bonchev–Trinajstić information content (AvgIpc) is 2.98. The fourth-order valence-electron chi connectivity index (χ4n) is 2.14. The molecule has 134 valence electrons. The van der Waals surface area contributed by atoms with Gasteiger partial charge < -0.3 is 10.1 Å². The SMILES string of the molecule is CCCCCNC(=O)COC(=O)c1nn(-c2cccc(Cl)c2)nc1C. The number of aromatic nitrogens is 3. The molecule has 0 spiro atoms. The predicted octanol–water partition coefficient (Wildman–Crippen LogP) is 2.69. The largest absolute Gasteiger partial charge is 0.451 e. The summed E-state index contributed by atoms with van der Waals surface area (Å²) >= 11 is 5.94. The molecule has 0 radical (unpaired) electrons. The molecule has 8 heteroatoms. The number of hydrogen-bond acceptors (Lipinski definition) is 5. The van der Waals surface area contributed by atoms with E-state index in [1.807, 2.05) is 0 Å². The summed E-state index contributed by atoms with van der Waals surface area (Å²) in [4.78, 5) is 25.1. The Labute approximate surface area is 151 Å². The minimum atomic E-state index is -0.686. The van der Waals surface area contributed by atoms with Crippen LogP contribution in [0, 0.1) is 6.92 Å². The maximum atomic E-state index is 12.1. The lowest BCUT2D eigenvalue weighted by molar-refractivity contribution is -0.124. The van der Waals surface area contributed by atoms with Crippen molar-refractivity contribution in [3.8, 4) is 5.69 Å². The van der Waals surface area contributed by atoms with Gasteiger partial charge in [-0.05, 0) is 31.5 Å². The molecule has 1 aromatic heterocycles. The van der Waals surface area contributed by atoms with Gasteiger partial charge >= 0.3 is 5.97 Å². The summed E-state index contributed by atoms with van der Waals surface area (Å²) in [5.41, 5.74) is 1.11. The third kappa shape index (κ3) is 5.56. The van der Waals surface area contributed by atoms with Crippen LogP contribution in [0.5, 0.6) is 0 Å². The van der Waals surface area contributed by atoms with Gasteiger partial charge in [0.25, 0.3) is 5.91 Å². The zero-order valence-electron chi connectivity index (χ0n) is 14.3. The number of benzene rings is 1. The standard InChI is InChI=1S/C17H21ClN4O3/c1-3-4-5-9-19-15(23)11-25-17(24)16-12(2)20-22(21-16)14-8-6-7-13(18)10-14/h6-8,10H,3-5,9,11H2,1-2H3,(H,19,23). The molecule has 0 aliphatic rings. The van der Waals surface area contributed by atoms with Crippen LogP contribution in [0.1, 0.15) is 42.4 Å². The number of unbranched alkanes of at least 4 members (excludes halogenated alkanes) is 2. The number of aryl methyl sites for hydroxylation is 1. The first kappa shape index (κ1) is 18.9. The Morgan fingerprint density at radius 3 is 2.80 bits per heavy atom. The van der Waals surface area contributed by atoms with Crippen LogP contribution < -0.4 is 5.32 Å². The van der Waals surface area contributed by atoms with Gasteiger partial charge in [0.1, 0.15) is 0 Å². The molecule has 7 nitrogen and oxygen atoms in total. The second-order valence-electron chi connectivity index (χ2n) is 5.54. The fourth-order valence-corrected chi connectivity index (χ4v) is 2.32. The van der Waals surface area contributed by atoms with Crippen molar-refractivity contribution in [1.29, 1.82) is 0 Å². The molecule has 0 aliphatic carbocycles. The number of hydrogen-bond donors (Lipinski definition) is 1. The maximum Gasteiger partial charge on any atom is 0.361 e. The smallest absolute Gasteiger partial charge is 0.361 e. The normalized spacial score (nSPS) is 10.5. The Morgan fingerprint density at radius 2 is 2.08 bits per heavy atom. The van der Waals surface area contributed by atoms with E-state index in [2.05, 4.69) is 22.4 Å². The van der Waals surface area contributed by atoms with E-state index in [4.69, 9.17) is 16.3 Å². The number of rotatable bonds is 8. The van der Waals surface area contributed by atoms with Crippen LogP contribution in [0.4, 0.5) is 0 Å². The van der Waals surface area contributed by atoms with Gasteiger partial charge in [-0.3, -0.25) is 4.79 Å². The van der Waals surface area contributed by atoms with Crippen molar-refractivity contribution in [2.24, 2.45) is 0 Å². The molecule has 2 aromatic rings. The van der Waals surface area contributed by atoms with E-state index in [-0.39, 0.29) is 18.2 Å². The van der Waals surface area contributed by atoms with Crippen molar-refractivity contribution in [2.45, 2.75) is 33.1 Å². The van der Waals surface area contributed by atoms with E-state index >= 15 is 0 Å². The van der Waals surface area contributed by atoms with Crippen LogP contribution in [0.15, 0.2) is 24.3 Å². The van der Waals surface area contributed by atoms with Crippen molar-refractivity contribution in [2.75, 3.05) is 13.2 Å². The summed E-state index contributed by atoms with van der Waals surface area (Å²) < 4.78 is 5.01. The lowest BCUT2D eigenvalue weighted by atomic mass is 10.2. The molecule has 0 atom stereocenters. The highest BCUT2D eigenvalue weighted by Crippen LogP contribution is 2.14. The molecule has 1 heterocycles. The van der Waals surface area contributed by atoms with E-state index in [9.17, 15) is 9.59 Å². The summed E-state index contributed by atoms with van der Waals surface area (Å²) in [5.74, 6) is -1.01. The molecule has 0 fully saturated rings. The minimum absolute atomic E-state index is 0.0683. The van der Waals surface area contributed by atoms with E-state index in [1.54, 1.807) is 31.2 Å². The molecule has 0 aliphatic heterocycles. The van der Waals surface area contributed by atoms with E-state index < -0.39 is 5.97 Å². The molecule has 1 N–H and O–H groups in total. The minimum Gasteiger partial charge on any atom is -0.451 e. The van der Waals surface area contributed by atoms with E-state index in [0.29, 0.717) is 22.9 Å². The second-order valence-corrected chi connectivity index (χ2v) is 5.97. The zero-order chi connectivity index (χ0) is 18.2. The Hall–Kier alpha value is -2.41. The molecule has 1 amide bonds. The summed E-state index contributed by atoms with van der Waals surface area (Å²) in [6.45, 7) is 3.97. The number of carbonyl (C=O) groups is 2. The van der Waals surface area contributed by atoms with Gasteiger partial charge in [-0.15, -0.1) is 5.10 Å². The van der Waals surface area contributed by atoms with Gasteiger partial charge in [-0.25, -0.2) is 4.79 Å². The number of amides is 1. The Kier molecular flexibility index (Phi) is 6.94. The third-order valence-corrected chi connectivity index (χ3v) is 3.69. The number of esters is 1. The highest BCUT2D eigenvalue weighted by molar-refractivity contribution is 6.30. The second kappa shape index (κ2) is 9.17. The van der Waals surface area contributed by atoms with Crippen molar-refractivity contribution < 1.29 is 14.3 Å². The van der Waals surface area contributed by atoms with Gasteiger partial charge in [-0.2, -0.15) is 9.90 Å². The fraction of sp³-hybridized carbons (Fsp3) is 0.412. The highest BCUT2D eigenvalue weighted by Gasteiger charge is 2.19. The van der Waals surface area contributed by atoms with Gasteiger partial charge in [0.15, 0.2) is 12.3 Å². The lowest BCUT2D eigenvalue weighted by Gasteiger charge is -2.05. The molecular formula is C17H21ClN4O3. The highest BCUT2D eigenvalue weighted by atomic mass is 35.5. The number of nitrogens with zero attached hydrogens (tertiary/aromatic N) is 3. The van der Waals surface area contributed by atoms with Gasteiger partial charge in [0.05, 0.1) is 11.4 Å². The summed E-state index contributed by atoms with van der Waals surface area (Å²) in [6.07, 6.45) is 3.03. The van der Waals surface area contributed by atoms with E-state index in [1.165, 1.54) is 4.80 Å². The van der Waals surface area contributed by atoms with Crippen LogP contribution in [0.2, 0.25) is 5.02 Å². The Balaban J connectivity index is 1.93. The first-order chi connectivity index (χ1) is 12.0.